The quantitative estimate of drug-likeness (QED) is 0.473. The van der Waals surface area contributed by atoms with Crippen LogP contribution >= 0.6 is 0 Å². The van der Waals surface area contributed by atoms with Crippen LogP contribution in [0.2, 0.25) is 0 Å². The summed E-state index contributed by atoms with van der Waals surface area (Å²) in [6.07, 6.45) is 2.78. The zero-order valence-corrected chi connectivity index (χ0v) is 17.9. The van der Waals surface area contributed by atoms with Crippen molar-refractivity contribution in [1.29, 1.82) is 0 Å². The molecular formula is C20H23N7O5. The van der Waals surface area contributed by atoms with Crippen LogP contribution in [-0.4, -0.2) is 34.9 Å². The molecule has 12 heteroatoms. The third kappa shape index (κ3) is 4.30. The van der Waals surface area contributed by atoms with Gasteiger partial charge in [-0.25, -0.2) is 14.9 Å². The molecule has 0 saturated carbocycles. The largest absolute Gasteiger partial charge is 0.494 e. The van der Waals surface area contributed by atoms with Gasteiger partial charge in [0.2, 0.25) is 5.88 Å². The molecule has 4 rings (SSSR count). The summed E-state index contributed by atoms with van der Waals surface area (Å²) >= 11 is 0. The number of nitrogens with one attached hydrogen (secondary N) is 4. The number of carbonyl (C=O) groups excluding carboxylic acids is 1. The summed E-state index contributed by atoms with van der Waals surface area (Å²) in [5.74, 6) is 2.00. The van der Waals surface area contributed by atoms with E-state index in [0.29, 0.717) is 40.2 Å². The minimum absolute atomic E-state index is 0.226. The molecule has 32 heavy (non-hydrogen) atoms. The maximum Gasteiger partial charge on any atom is 0.325 e. The van der Waals surface area contributed by atoms with Gasteiger partial charge in [-0.05, 0) is 12.1 Å². The smallest absolute Gasteiger partial charge is 0.325 e. The average molecular weight is 441 g/mol. The molecule has 0 atom stereocenters. The molecule has 168 valence electrons. The molecule has 0 saturated heterocycles. The highest BCUT2D eigenvalue weighted by Crippen LogP contribution is 2.32. The molecular weight excluding hydrogens is 418 g/mol. The van der Waals surface area contributed by atoms with Gasteiger partial charge >= 0.3 is 6.03 Å². The van der Waals surface area contributed by atoms with Gasteiger partial charge in [0.25, 0.3) is 0 Å². The van der Waals surface area contributed by atoms with Crippen molar-refractivity contribution in [3.8, 4) is 11.5 Å². The number of nitrogens with zero attached hydrogens (tertiary/aromatic N) is 3. The number of ether oxygens (including phenoxy) is 2. The summed E-state index contributed by atoms with van der Waals surface area (Å²) in [5, 5.41) is 20.0. The molecule has 3 heterocycles. The van der Waals surface area contributed by atoms with Gasteiger partial charge < -0.3 is 19.3 Å². The fourth-order valence-corrected chi connectivity index (χ4v) is 2.90. The second-order valence-corrected chi connectivity index (χ2v) is 7.95. The van der Waals surface area contributed by atoms with E-state index >= 15 is 0 Å². The number of methoxy groups -OCH3 is 1. The van der Waals surface area contributed by atoms with Crippen molar-refractivity contribution >= 4 is 23.9 Å². The summed E-state index contributed by atoms with van der Waals surface area (Å²) < 4.78 is 16.5. The van der Waals surface area contributed by atoms with Crippen LogP contribution in [-0.2, 0) is 5.41 Å². The van der Waals surface area contributed by atoms with E-state index in [1.54, 1.807) is 24.3 Å². The monoisotopic (exact) mass is 441 g/mol. The first kappa shape index (κ1) is 21.1. The number of amides is 2. The molecule has 1 aromatic heterocycles. The molecule has 5 N–H and O–H groups in total. The summed E-state index contributed by atoms with van der Waals surface area (Å²) in [5.41, 5.74) is 6.79. The van der Waals surface area contributed by atoms with Crippen molar-refractivity contribution in [1.82, 2.24) is 21.1 Å². The zero-order chi connectivity index (χ0) is 22.9. The number of carbonyl (C=O) groups is 1. The van der Waals surface area contributed by atoms with Crippen LogP contribution in [0.3, 0.4) is 0 Å². The Bertz CT molecular complexity index is 1130. The Morgan fingerprint density at radius 3 is 2.75 bits per heavy atom. The lowest BCUT2D eigenvalue weighted by Gasteiger charge is -2.16. The van der Waals surface area contributed by atoms with E-state index in [1.807, 2.05) is 20.8 Å². The van der Waals surface area contributed by atoms with Gasteiger partial charge in [0.15, 0.2) is 11.5 Å². The lowest BCUT2D eigenvalue weighted by molar-refractivity contribution is 0.0270. The highest BCUT2D eigenvalue weighted by Gasteiger charge is 2.28. The molecule has 2 aromatic rings. The van der Waals surface area contributed by atoms with E-state index < -0.39 is 6.03 Å². The number of hydrogen-bond donors (Lipinski definition) is 5. The van der Waals surface area contributed by atoms with E-state index in [2.05, 4.69) is 31.6 Å². The fraction of sp³-hybridized carbons (Fsp3) is 0.250. The summed E-state index contributed by atoms with van der Waals surface area (Å²) in [6, 6.07) is 6.03. The second-order valence-electron chi connectivity index (χ2n) is 7.95. The standard InChI is InChI=1S/C20H23N7O5/c1-20(2,3)15-8-16(26-32-15)23-19(28)22-12-6-5-11(7-14(12)30-4)31-18-17-13(24-25-18)9-21-10-27(17)29/h5-10,24-25,29H,1-4H3,(H2,22,23,26,28). The second kappa shape index (κ2) is 8.15. The number of urea groups is 1. The third-order valence-corrected chi connectivity index (χ3v) is 4.52. The van der Waals surface area contributed by atoms with Crippen LogP contribution in [0.5, 0.6) is 11.5 Å². The number of aliphatic imine (C=N–C) groups is 1. The molecule has 12 nitrogen and oxygen atoms in total. The zero-order valence-electron chi connectivity index (χ0n) is 17.9. The number of hydrazine groups is 1. The maximum absolute atomic E-state index is 12.4. The van der Waals surface area contributed by atoms with Crippen LogP contribution in [0, 0.1) is 0 Å². The first-order chi connectivity index (χ1) is 15.2. The number of benzene rings is 1. The van der Waals surface area contributed by atoms with E-state index in [1.165, 1.54) is 19.6 Å². The number of hydroxylamine groups is 2. The van der Waals surface area contributed by atoms with Gasteiger partial charge in [-0.2, -0.15) is 0 Å². The summed E-state index contributed by atoms with van der Waals surface area (Å²) in [7, 11) is 1.47. The molecule has 0 radical (unpaired) electrons. The molecule has 0 bridgehead atoms. The molecule has 0 unspecified atom stereocenters. The van der Waals surface area contributed by atoms with Crippen LogP contribution in [0.15, 0.2) is 57.3 Å². The average Bonchev–Trinajstić information content (AvgIpc) is 3.37. The highest BCUT2D eigenvalue weighted by atomic mass is 16.5. The van der Waals surface area contributed by atoms with Crippen molar-refractivity contribution < 1.29 is 24.0 Å². The predicted molar refractivity (Wildman–Crippen MR) is 115 cm³/mol. The van der Waals surface area contributed by atoms with Gasteiger partial charge in [0, 0.05) is 17.5 Å². The third-order valence-electron chi connectivity index (χ3n) is 4.52. The number of rotatable bonds is 5. The Hall–Kier alpha value is -4.19. The first-order valence-corrected chi connectivity index (χ1v) is 9.64. The van der Waals surface area contributed by atoms with Crippen molar-refractivity contribution in [2.24, 2.45) is 4.99 Å². The molecule has 0 spiro atoms. The number of fused-ring (bicyclic) bond motifs is 1. The Labute approximate surface area is 183 Å². The molecule has 2 aliphatic rings. The minimum atomic E-state index is -0.510. The van der Waals surface area contributed by atoms with Gasteiger partial charge in [0.05, 0.1) is 19.0 Å². The van der Waals surface area contributed by atoms with Crippen LogP contribution in [0.25, 0.3) is 0 Å². The van der Waals surface area contributed by atoms with E-state index in [0.717, 1.165) is 5.06 Å². The van der Waals surface area contributed by atoms with Crippen LogP contribution in [0.1, 0.15) is 26.5 Å². The van der Waals surface area contributed by atoms with E-state index in [-0.39, 0.29) is 11.3 Å². The molecule has 2 amide bonds. The normalized spacial score (nSPS) is 14.9. The summed E-state index contributed by atoms with van der Waals surface area (Å²) in [6.45, 7) is 5.95. The predicted octanol–water partition coefficient (Wildman–Crippen LogP) is 2.85. The first-order valence-electron chi connectivity index (χ1n) is 9.64. The lowest BCUT2D eigenvalue weighted by atomic mass is 9.93. The van der Waals surface area contributed by atoms with Gasteiger partial charge in [-0.1, -0.05) is 25.9 Å². The Morgan fingerprint density at radius 2 is 2.03 bits per heavy atom. The van der Waals surface area contributed by atoms with Crippen molar-refractivity contribution in [2.45, 2.75) is 26.2 Å². The SMILES string of the molecule is COc1cc(OC2=C3C(=CN=CN3O)NN2)ccc1NC(=O)Nc1cc(C(C)(C)C)on1. The van der Waals surface area contributed by atoms with Gasteiger partial charge in [0.1, 0.15) is 29.3 Å². The molecule has 0 fully saturated rings. The van der Waals surface area contributed by atoms with E-state index in [4.69, 9.17) is 14.0 Å². The Morgan fingerprint density at radius 1 is 1.22 bits per heavy atom. The number of hydrogen-bond acceptors (Lipinski definition) is 10. The fourth-order valence-electron chi connectivity index (χ4n) is 2.90. The highest BCUT2D eigenvalue weighted by molar-refractivity contribution is 6.00. The van der Waals surface area contributed by atoms with Crippen molar-refractivity contribution in [3.63, 3.8) is 0 Å². The minimum Gasteiger partial charge on any atom is -0.494 e. The van der Waals surface area contributed by atoms with Gasteiger partial charge in [-0.3, -0.25) is 21.4 Å². The van der Waals surface area contributed by atoms with Crippen LogP contribution in [0.4, 0.5) is 16.3 Å². The van der Waals surface area contributed by atoms with Gasteiger partial charge in [-0.15, -0.1) is 0 Å². The maximum atomic E-state index is 12.4. The number of aromatic nitrogens is 1. The topological polar surface area (TPSA) is 146 Å². The van der Waals surface area contributed by atoms with Crippen molar-refractivity contribution in [2.75, 3.05) is 17.7 Å². The van der Waals surface area contributed by atoms with Crippen LogP contribution < -0.4 is 31.0 Å². The summed E-state index contributed by atoms with van der Waals surface area (Å²) in [4.78, 5) is 16.3. The molecule has 1 aromatic carbocycles. The lowest BCUT2D eigenvalue weighted by Crippen LogP contribution is -2.25. The van der Waals surface area contributed by atoms with E-state index in [9.17, 15) is 10.0 Å². The Balaban J connectivity index is 1.45. The Kier molecular flexibility index (Phi) is 5.36. The van der Waals surface area contributed by atoms with Crippen molar-refractivity contribution in [3.05, 3.63) is 53.5 Å². The number of anilines is 2. The molecule has 2 aliphatic heterocycles. The molecule has 0 aliphatic carbocycles.